The first kappa shape index (κ1) is 15.8. The van der Waals surface area contributed by atoms with Crippen LogP contribution in [0.15, 0.2) is 12.3 Å². The maximum Gasteiger partial charge on any atom is 0.433 e. The molecule has 1 aromatic rings. The molecule has 0 aliphatic carbocycles. The fourth-order valence-corrected chi connectivity index (χ4v) is 2.26. The van der Waals surface area contributed by atoms with Gasteiger partial charge in [0.25, 0.3) is 0 Å². The monoisotopic (exact) mass is 324 g/mol. The number of nitrogens with zero attached hydrogens (tertiary/aromatic N) is 3. The molecule has 0 amide bonds. The molecule has 1 N–H and O–H groups in total. The van der Waals surface area contributed by atoms with E-state index in [1.165, 1.54) is 6.20 Å². The first-order chi connectivity index (χ1) is 9.92. The third-order valence-electron chi connectivity index (χ3n) is 3.14. The van der Waals surface area contributed by atoms with Crippen molar-refractivity contribution in [3.8, 4) is 0 Å². The van der Waals surface area contributed by atoms with Crippen molar-refractivity contribution in [1.82, 2.24) is 15.3 Å². The lowest BCUT2D eigenvalue weighted by molar-refractivity contribution is -0.217. The summed E-state index contributed by atoms with van der Waals surface area (Å²) in [5.74, 6) is -1.64. The molecule has 10 heteroatoms. The van der Waals surface area contributed by atoms with Gasteiger partial charge in [-0.3, -0.25) is 0 Å². The first-order valence-electron chi connectivity index (χ1n) is 6.14. The Kier molecular flexibility index (Phi) is 4.84. The number of anilines is 1. The summed E-state index contributed by atoms with van der Waals surface area (Å²) in [5, 5.41) is 1.90. The normalized spacial score (nSPS) is 16.9. The predicted octanol–water partition coefficient (Wildman–Crippen LogP) is 1.71. The topological polar surface area (TPSA) is 67.3 Å². The highest BCUT2D eigenvalue weighted by Gasteiger charge is 2.44. The minimum absolute atomic E-state index is 0.102. The number of alkyl halides is 2. The van der Waals surface area contributed by atoms with Gasteiger partial charge in [0.1, 0.15) is 5.82 Å². The van der Waals surface area contributed by atoms with Crippen molar-refractivity contribution in [2.24, 2.45) is 0 Å². The van der Waals surface area contributed by atoms with Gasteiger partial charge >= 0.3 is 12.0 Å². The summed E-state index contributed by atoms with van der Waals surface area (Å²) in [4.78, 5) is 22.8. The molecule has 1 aliphatic heterocycles. The number of carbonyl (C=O) groups is 1. The number of nitrogens with one attached hydrogen (secondary N) is 1. The molecule has 2 rings (SSSR count). The molecule has 0 saturated carbocycles. The summed E-state index contributed by atoms with van der Waals surface area (Å²) in [7, 11) is 0. The van der Waals surface area contributed by atoms with Gasteiger partial charge in [0.05, 0.1) is 0 Å². The van der Waals surface area contributed by atoms with Crippen LogP contribution in [0.1, 0.15) is 12.8 Å². The van der Waals surface area contributed by atoms with Crippen LogP contribution in [0.4, 0.5) is 19.1 Å². The van der Waals surface area contributed by atoms with Gasteiger partial charge in [-0.25, -0.2) is 25.0 Å². The molecule has 0 bridgehead atoms. The Bertz CT molecular complexity index is 512. The van der Waals surface area contributed by atoms with Crippen molar-refractivity contribution < 1.29 is 23.0 Å². The van der Waals surface area contributed by atoms with Gasteiger partial charge in [-0.15, -0.1) is 0 Å². The van der Waals surface area contributed by atoms with E-state index in [1.807, 2.05) is 4.90 Å². The quantitative estimate of drug-likeness (QED) is 0.672. The van der Waals surface area contributed by atoms with Crippen LogP contribution < -0.4 is 10.2 Å². The van der Waals surface area contributed by atoms with E-state index in [2.05, 4.69) is 14.9 Å². The number of aromatic nitrogens is 2. The fourth-order valence-electron chi connectivity index (χ4n) is 2.12. The van der Waals surface area contributed by atoms with Crippen molar-refractivity contribution >= 4 is 23.4 Å². The van der Waals surface area contributed by atoms with Crippen LogP contribution in [0, 0.1) is 0 Å². The molecule has 6 nitrogen and oxygen atoms in total. The standard InChI is InChI=1S/C11H12ClF3N4O2/c12-10-16-4-1-8(17-10)19-5-2-7(3-6-19)18-11(13,14)9(20)21-15/h1,4,7,18H,2-3,5-6H2. The SMILES string of the molecule is O=C(OF)C(F)(F)NC1CCN(c2ccnc(Cl)n2)CC1. The molecule has 116 valence electrons. The Morgan fingerprint density at radius 1 is 1.48 bits per heavy atom. The lowest BCUT2D eigenvalue weighted by atomic mass is 10.0. The summed E-state index contributed by atoms with van der Waals surface area (Å²) in [6.45, 7) is 0.873. The number of halogens is 4. The number of piperidine rings is 1. The number of carbonyl (C=O) groups excluding carboxylic acids is 1. The van der Waals surface area contributed by atoms with Crippen LogP contribution in [-0.2, 0) is 9.74 Å². The molecule has 1 aromatic heterocycles. The third kappa shape index (κ3) is 3.94. The highest BCUT2D eigenvalue weighted by atomic mass is 35.5. The minimum Gasteiger partial charge on any atom is -0.356 e. The van der Waals surface area contributed by atoms with Gasteiger partial charge in [0.15, 0.2) is 0 Å². The molecule has 0 aromatic carbocycles. The summed E-state index contributed by atoms with van der Waals surface area (Å²) in [6.07, 6.45) is 2.16. The van der Waals surface area contributed by atoms with Crippen LogP contribution in [0.2, 0.25) is 5.28 Å². The third-order valence-corrected chi connectivity index (χ3v) is 3.32. The molecule has 0 radical (unpaired) electrons. The molecular formula is C11H12ClF3N4O2. The van der Waals surface area contributed by atoms with Gasteiger partial charge < -0.3 is 4.90 Å². The largest absolute Gasteiger partial charge is 0.433 e. The van der Waals surface area contributed by atoms with Crippen molar-refractivity contribution in [2.45, 2.75) is 24.9 Å². The molecule has 0 unspecified atom stereocenters. The predicted molar refractivity (Wildman–Crippen MR) is 67.6 cm³/mol. The Balaban J connectivity index is 1.90. The second-order valence-electron chi connectivity index (χ2n) is 4.53. The van der Waals surface area contributed by atoms with Crippen LogP contribution in [0.5, 0.6) is 0 Å². The van der Waals surface area contributed by atoms with Gasteiger partial charge in [-0.1, -0.05) is 0 Å². The van der Waals surface area contributed by atoms with E-state index < -0.39 is 18.1 Å². The van der Waals surface area contributed by atoms with E-state index in [9.17, 15) is 18.1 Å². The van der Waals surface area contributed by atoms with Crippen molar-refractivity contribution in [3.63, 3.8) is 0 Å². The molecule has 1 fully saturated rings. The minimum atomic E-state index is -4.04. The second kappa shape index (κ2) is 6.44. The Morgan fingerprint density at radius 3 is 2.71 bits per heavy atom. The highest BCUT2D eigenvalue weighted by molar-refractivity contribution is 6.28. The summed E-state index contributed by atoms with van der Waals surface area (Å²) in [5.41, 5.74) is 0. The zero-order chi connectivity index (χ0) is 15.5. The summed E-state index contributed by atoms with van der Waals surface area (Å²) >= 11 is 5.68. The smallest absolute Gasteiger partial charge is 0.356 e. The van der Waals surface area contributed by atoms with Crippen LogP contribution in [0.3, 0.4) is 0 Å². The van der Waals surface area contributed by atoms with E-state index in [0.717, 1.165) is 0 Å². The van der Waals surface area contributed by atoms with Gasteiger partial charge in [-0.05, 0) is 30.5 Å². The van der Waals surface area contributed by atoms with Gasteiger partial charge in [0, 0.05) is 29.9 Å². The maximum atomic E-state index is 13.2. The molecule has 21 heavy (non-hydrogen) atoms. The first-order valence-corrected chi connectivity index (χ1v) is 6.52. The van der Waals surface area contributed by atoms with Crippen LogP contribution >= 0.6 is 11.6 Å². The zero-order valence-corrected chi connectivity index (χ0v) is 11.5. The average Bonchev–Trinajstić information content (AvgIpc) is 2.46. The maximum absolute atomic E-state index is 13.2. The van der Waals surface area contributed by atoms with E-state index in [1.54, 1.807) is 11.4 Å². The fraction of sp³-hybridized carbons (Fsp3) is 0.545. The lowest BCUT2D eigenvalue weighted by Gasteiger charge is -2.34. The molecule has 1 aliphatic rings. The van der Waals surface area contributed by atoms with E-state index in [4.69, 9.17) is 11.6 Å². The van der Waals surface area contributed by atoms with Crippen molar-refractivity contribution in [2.75, 3.05) is 18.0 Å². The Labute approximate surface area is 123 Å². The Morgan fingerprint density at radius 2 is 2.14 bits per heavy atom. The summed E-state index contributed by atoms with van der Waals surface area (Å²) < 4.78 is 37.9. The second-order valence-corrected chi connectivity index (χ2v) is 4.87. The lowest BCUT2D eigenvalue weighted by Crippen LogP contribution is -2.53. The van der Waals surface area contributed by atoms with Crippen LogP contribution in [-0.4, -0.2) is 41.1 Å². The van der Waals surface area contributed by atoms with E-state index in [0.29, 0.717) is 31.7 Å². The molecule has 2 heterocycles. The zero-order valence-electron chi connectivity index (χ0n) is 10.7. The summed E-state index contributed by atoms with van der Waals surface area (Å²) in [6, 6.07) is -3.01. The van der Waals surface area contributed by atoms with Crippen molar-refractivity contribution in [3.05, 3.63) is 17.5 Å². The van der Waals surface area contributed by atoms with Crippen LogP contribution in [0.25, 0.3) is 0 Å². The van der Waals surface area contributed by atoms with E-state index >= 15 is 0 Å². The average molecular weight is 325 g/mol. The van der Waals surface area contributed by atoms with Gasteiger partial charge in [0.2, 0.25) is 5.28 Å². The molecule has 0 spiro atoms. The molecule has 1 saturated heterocycles. The van der Waals surface area contributed by atoms with E-state index in [-0.39, 0.29) is 5.28 Å². The number of rotatable bonds is 4. The molecular weight excluding hydrogens is 313 g/mol. The highest BCUT2D eigenvalue weighted by Crippen LogP contribution is 2.21. The van der Waals surface area contributed by atoms with Crippen molar-refractivity contribution in [1.29, 1.82) is 0 Å². The van der Waals surface area contributed by atoms with Gasteiger partial charge in [-0.2, -0.15) is 8.78 Å². The number of hydrogen-bond acceptors (Lipinski definition) is 6. The number of hydrogen-bond donors (Lipinski definition) is 1. The Hall–Kier alpha value is -1.61. The molecule has 0 atom stereocenters.